The van der Waals surface area contributed by atoms with Crippen molar-refractivity contribution in [2.24, 2.45) is 0 Å². The van der Waals surface area contributed by atoms with Crippen LogP contribution in [0.2, 0.25) is 0 Å². The number of aromatic amines is 1. The van der Waals surface area contributed by atoms with Gasteiger partial charge in [-0.25, -0.2) is 4.98 Å². The molecule has 1 amide bonds. The molecule has 6 heteroatoms. The Bertz CT molecular complexity index is 814. The summed E-state index contributed by atoms with van der Waals surface area (Å²) >= 11 is 1.41. The van der Waals surface area contributed by atoms with Gasteiger partial charge < -0.3 is 15.0 Å². The Kier molecular flexibility index (Phi) is 5.05. The lowest BCUT2D eigenvalue weighted by Crippen LogP contribution is -2.30. The van der Waals surface area contributed by atoms with Gasteiger partial charge in [0.15, 0.2) is 5.16 Å². The number of hydrogen-bond donors (Lipinski definition) is 2. The van der Waals surface area contributed by atoms with Crippen molar-refractivity contribution >= 4 is 28.7 Å². The number of imidazole rings is 1. The molecule has 0 spiro atoms. The molecule has 0 fully saturated rings. The Morgan fingerprint density at radius 2 is 2.00 bits per heavy atom. The summed E-state index contributed by atoms with van der Waals surface area (Å²) in [6.07, 6.45) is 0. The van der Waals surface area contributed by atoms with E-state index in [1.54, 1.807) is 7.11 Å². The van der Waals surface area contributed by atoms with Gasteiger partial charge in [-0.1, -0.05) is 42.1 Å². The van der Waals surface area contributed by atoms with Crippen LogP contribution in [0.15, 0.2) is 53.7 Å². The molecule has 3 aromatic rings. The zero-order chi connectivity index (χ0) is 16.9. The number of hydrogen-bond acceptors (Lipinski definition) is 4. The number of methoxy groups -OCH3 is 1. The molecule has 0 aliphatic carbocycles. The summed E-state index contributed by atoms with van der Waals surface area (Å²) in [5.74, 6) is 0.738. The minimum absolute atomic E-state index is 0.0358. The first-order chi connectivity index (χ1) is 11.7. The first kappa shape index (κ1) is 16.4. The first-order valence-electron chi connectivity index (χ1n) is 7.68. The highest BCUT2D eigenvalue weighted by Crippen LogP contribution is 2.23. The number of carbonyl (C=O) groups is 1. The number of amides is 1. The van der Waals surface area contributed by atoms with Crippen molar-refractivity contribution in [2.75, 3.05) is 7.11 Å². The highest BCUT2D eigenvalue weighted by Gasteiger charge is 2.16. The average molecular weight is 341 g/mol. The van der Waals surface area contributed by atoms with Gasteiger partial charge in [-0.3, -0.25) is 4.79 Å². The molecule has 24 heavy (non-hydrogen) atoms. The maximum atomic E-state index is 12.3. The van der Waals surface area contributed by atoms with Crippen molar-refractivity contribution in [2.45, 2.75) is 23.9 Å². The van der Waals surface area contributed by atoms with Gasteiger partial charge in [-0.05, 0) is 25.1 Å². The minimum Gasteiger partial charge on any atom is -0.496 e. The van der Waals surface area contributed by atoms with E-state index in [4.69, 9.17) is 4.74 Å². The monoisotopic (exact) mass is 341 g/mol. The number of carbonyl (C=O) groups excluding carboxylic acids is 1. The number of rotatable bonds is 6. The lowest BCUT2D eigenvalue weighted by Gasteiger charge is -2.12. The second kappa shape index (κ2) is 7.40. The molecule has 0 bridgehead atoms. The third-order valence-corrected chi connectivity index (χ3v) is 4.66. The van der Waals surface area contributed by atoms with Gasteiger partial charge in [0, 0.05) is 12.1 Å². The molecule has 2 N–H and O–H groups in total. The molecule has 1 heterocycles. The van der Waals surface area contributed by atoms with Gasteiger partial charge in [-0.2, -0.15) is 0 Å². The van der Waals surface area contributed by atoms with Crippen LogP contribution in [0.4, 0.5) is 0 Å². The minimum atomic E-state index is -0.250. The Hall–Kier alpha value is -2.47. The summed E-state index contributed by atoms with van der Waals surface area (Å²) in [6, 6.07) is 15.5. The summed E-state index contributed by atoms with van der Waals surface area (Å²) in [4.78, 5) is 20.0. The van der Waals surface area contributed by atoms with E-state index in [9.17, 15) is 4.79 Å². The number of ether oxygens (including phenoxy) is 1. The molecule has 1 aromatic heterocycles. The van der Waals surface area contributed by atoms with E-state index in [0.717, 1.165) is 27.5 Å². The Morgan fingerprint density at radius 1 is 1.25 bits per heavy atom. The average Bonchev–Trinajstić information content (AvgIpc) is 3.02. The van der Waals surface area contributed by atoms with Gasteiger partial charge in [0.25, 0.3) is 0 Å². The SMILES string of the molecule is COc1ccccc1CNC(=O)C(C)Sc1nc2ccccc2[nH]1. The van der Waals surface area contributed by atoms with E-state index in [2.05, 4.69) is 15.3 Å². The molecular weight excluding hydrogens is 322 g/mol. The third-order valence-electron chi connectivity index (χ3n) is 3.67. The molecule has 1 atom stereocenters. The van der Waals surface area contributed by atoms with Crippen LogP contribution >= 0.6 is 11.8 Å². The molecule has 2 aromatic carbocycles. The van der Waals surface area contributed by atoms with Crippen molar-refractivity contribution in [3.8, 4) is 5.75 Å². The van der Waals surface area contributed by atoms with Crippen LogP contribution < -0.4 is 10.1 Å². The Morgan fingerprint density at radius 3 is 2.79 bits per heavy atom. The van der Waals surface area contributed by atoms with E-state index >= 15 is 0 Å². The van der Waals surface area contributed by atoms with Crippen molar-refractivity contribution in [3.05, 3.63) is 54.1 Å². The summed E-state index contributed by atoms with van der Waals surface area (Å²) in [5.41, 5.74) is 2.83. The van der Waals surface area contributed by atoms with E-state index in [1.807, 2.05) is 55.5 Å². The van der Waals surface area contributed by atoms with E-state index in [-0.39, 0.29) is 11.2 Å². The number of aromatic nitrogens is 2. The number of nitrogens with one attached hydrogen (secondary N) is 2. The van der Waals surface area contributed by atoms with Crippen molar-refractivity contribution in [3.63, 3.8) is 0 Å². The highest BCUT2D eigenvalue weighted by atomic mass is 32.2. The van der Waals surface area contributed by atoms with Crippen molar-refractivity contribution in [1.29, 1.82) is 0 Å². The lowest BCUT2D eigenvalue weighted by molar-refractivity contribution is -0.120. The molecule has 124 valence electrons. The van der Waals surface area contributed by atoms with Gasteiger partial charge in [0.2, 0.25) is 5.91 Å². The molecule has 5 nitrogen and oxygen atoms in total. The summed E-state index contributed by atoms with van der Waals surface area (Å²) < 4.78 is 5.30. The van der Waals surface area contributed by atoms with Crippen molar-refractivity contribution < 1.29 is 9.53 Å². The van der Waals surface area contributed by atoms with Crippen LogP contribution in [0, 0.1) is 0 Å². The smallest absolute Gasteiger partial charge is 0.233 e. The zero-order valence-corrected chi connectivity index (χ0v) is 14.4. The third kappa shape index (κ3) is 3.71. The largest absolute Gasteiger partial charge is 0.496 e. The van der Waals surface area contributed by atoms with E-state index in [1.165, 1.54) is 11.8 Å². The first-order valence-corrected chi connectivity index (χ1v) is 8.56. The number of fused-ring (bicyclic) bond motifs is 1. The predicted octanol–water partition coefficient (Wildman–Crippen LogP) is 3.37. The molecular formula is C18H19N3O2S. The number of H-pyrrole nitrogens is 1. The van der Waals surface area contributed by atoms with Crippen LogP contribution in [0.5, 0.6) is 5.75 Å². The van der Waals surface area contributed by atoms with Gasteiger partial charge in [-0.15, -0.1) is 0 Å². The fourth-order valence-corrected chi connectivity index (χ4v) is 3.23. The molecule has 0 aliphatic rings. The number of nitrogens with zero attached hydrogens (tertiary/aromatic N) is 1. The summed E-state index contributed by atoms with van der Waals surface area (Å²) in [6.45, 7) is 2.31. The van der Waals surface area contributed by atoms with Crippen LogP contribution in [-0.2, 0) is 11.3 Å². The highest BCUT2D eigenvalue weighted by molar-refractivity contribution is 8.00. The van der Waals surface area contributed by atoms with Gasteiger partial charge in [0.05, 0.1) is 23.4 Å². The molecule has 0 saturated heterocycles. The fraction of sp³-hybridized carbons (Fsp3) is 0.222. The maximum absolute atomic E-state index is 12.3. The quantitative estimate of drug-likeness (QED) is 0.675. The molecule has 3 rings (SSSR count). The maximum Gasteiger partial charge on any atom is 0.233 e. The molecule has 1 unspecified atom stereocenters. The molecule has 0 saturated carbocycles. The topological polar surface area (TPSA) is 67.0 Å². The van der Waals surface area contributed by atoms with Gasteiger partial charge in [0.1, 0.15) is 5.75 Å². The Balaban J connectivity index is 1.60. The van der Waals surface area contributed by atoms with Crippen LogP contribution in [-0.4, -0.2) is 28.2 Å². The molecule has 0 aliphatic heterocycles. The predicted molar refractivity (Wildman–Crippen MR) is 96.3 cm³/mol. The zero-order valence-electron chi connectivity index (χ0n) is 13.6. The van der Waals surface area contributed by atoms with Crippen molar-refractivity contribution in [1.82, 2.24) is 15.3 Å². The number of benzene rings is 2. The second-order valence-electron chi connectivity index (χ2n) is 5.35. The van der Waals surface area contributed by atoms with E-state index in [0.29, 0.717) is 6.54 Å². The van der Waals surface area contributed by atoms with E-state index < -0.39 is 0 Å². The van der Waals surface area contributed by atoms with Crippen LogP contribution in [0.25, 0.3) is 11.0 Å². The number of thioether (sulfide) groups is 1. The fourth-order valence-electron chi connectivity index (χ4n) is 2.38. The Labute approximate surface area is 144 Å². The summed E-state index contributed by atoms with van der Waals surface area (Å²) in [7, 11) is 1.63. The summed E-state index contributed by atoms with van der Waals surface area (Å²) in [5, 5.41) is 3.44. The molecule has 0 radical (unpaired) electrons. The normalized spacial score (nSPS) is 12.1. The van der Waals surface area contributed by atoms with Gasteiger partial charge >= 0.3 is 0 Å². The van der Waals surface area contributed by atoms with Crippen LogP contribution in [0.1, 0.15) is 12.5 Å². The standard InChI is InChI=1S/C18H19N3O2S/c1-12(24-18-20-14-8-4-5-9-15(14)21-18)17(22)19-11-13-7-3-6-10-16(13)23-2/h3-10,12H,11H2,1-2H3,(H,19,22)(H,20,21). The second-order valence-corrected chi connectivity index (χ2v) is 6.68. The number of para-hydroxylation sites is 3. The van der Waals surface area contributed by atoms with Crippen LogP contribution in [0.3, 0.4) is 0 Å². The lowest BCUT2D eigenvalue weighted by atomic mass is 10.2.